The van der Waals surface area contributed by atoms with E-state index < -0.39 is 0 Å². The second-order valence-corrected chi connectivity index (χ2v) is 8.77. The zero-order valence-corrected chi connectivity index (χ0v) is 21.9. The lowest BCUT2D eigenvalue weighted by atomic mass is 10.1. The third kappa shape index (κ3) is 6.93. The van der Waals surface area contributed by atoms with Gasteiger partial charge in [-0.25, -0.2) is 10.1 Å². The Labute approximate surface area is 232 Å². The Morgan fingerprint density at radius 3 is 2.15 bits per heavy atom. The number of amides is 1. The predicted molar refractivity (Wildman–Crippen MR) is 154 cm³/mol. The number of benzene rings is 4. The molecule has 0 aliphatic rings. The average molecular weight is 533 g/mol. The first kappa shape index (κ1) is 26.2. The third-order valence-corrected chi connectivity index (χ3v) is 5.96. The van der Waals surface area contributed by atoms with E-state index in [1.165, 1.54) is 0 Å². The molecule has 0 radical (unpaired) electrons. The number of nitrogens with zero attached hydrogens (tertiary/aromatic N) is 3. The summed E-state index contributed by atoms with van der Waals surface area (Å²) in [6.45, 7) is 0.312. The number of methoxy groups -OCH3 is 1. The minimum atomic E-state index is -0.385. The molecule has 0 aliphatic carbocycles. The molecule has 1 amide bonds. The third-order valence-electron chi connectivity index (χ3n) is 5.96. The van der Waals surface area contributed by atoms with Gasteiger partial charge >= 0.3 is 0 Å². The minimum absolute atomic E-state index is 0.176. The van der Waals surface area contributed by atoms with Crippen LogP contribution in [0, 0.1) is 0 Å². The van der Waals surface area contributed by atoms with Crippen molar-refractivity contribution in [3.63, 3.8) is 0 Å². The van der Waals surface area contributed by atoms with Crippen molar-refractivity contribution >= 4 is 12.1 Å². The fourth-order valence-corrected chi connectivity index (χ4v) is 3.90. The summed E-state index contributed by atoms with van der Waals surface area (Å²) in [7, 11) is 1.59. The molecule has 200 valence electrons. The smallest absolute Gasteiger partial charge is 0.277 e. The summed E-state index contributed by atoms with van der Waals surface area (Å²) in [6.07, 6.45) is 3.45. The first-order valence-electron chi connectivity index (χ1n) is 12.7. The van der Waals surface area contributed by atoms with Crippen molar-refractivity contribution in [2.24, 2.45) is 5.10 Å². The molecule has 5 rings (SSSR count). The fourth-order valence-electron chi connectivity index (χ4n) is 3.90. The number of hydrogen-bond acceptors (Lipinski definition) is 6. The number of ether oxygens (including phenoxy) is 3. The Hall–Kier alpha value is -5.37. The molecular weight excluding hydrogens is 504 g/mol. The van der Waals surface area contributed by atoms with Crippen LogP contribution in [0.5, 0.6) is 17.2 Å². The molecule has 0 unspecified atom stereocenters. The van der Waals surface area contributed by atoms with Crippen LogP contribution >= 0.6 is 0 Å². The van der Waals surface area contributed by atoms with Gasteiger partial charge in [-0.2, -0.15) is 10.2 Å². The van der Waals surface area contributed by atoms with Crippen molar-refractivity contribution in [1.29, 1.82) is 0 Å². The standard InChI is InChI=1S/C32H28N4O4/c1-38-28-16-18-30(19-17-28)40-23-31(37)34-33-20-26-21-36(27-10-6-3-7-11-27)35-32(26)25-12-14-29(15-13-25)39-22-24-8-4-2-5-9-24/h2-21H,22-23H2,1H3,(H,34,37)/b33-20-. The largest absolute Gasteiger partial charge is 0.497 e. The maximum atomic E-state index is 12.3. The number of hydrogen-bond donors (Lipinski definition) is 1. The van der Waals surface area contributed by atoms with Gasteiger partial charge in [0.05, 0.1) is 19.0 Å². The van der Waals surface area contributed by atoms with Crippen LogP contribution in [0.4, 0.5) is 0 Å². The van der Waals surface area contributed by atoms with Crippen LogP contribution < -0.4 is 19.6 Å². The van der Waals surface area contributed by atoms with Gasteiger partial charge in [-0.05, 0) is 66.2 Å². The molecule has 0 fully saturated rings. The Morgan fingerprint density at radius 1 is 0.825 bits per heavy atom. The van der Waals surface area contributed by atoms with Crippen LogP contribution in [0.15, 0.2) is 120 Å². The number of carbonyl (C=O) groups excluding carboxylic acids is 1. The number of aromatic nitrogens is 2. The highest BCUT2D eigenvalue weighted by atomic mass is 16.5. The van der Waals surface area contributed by atoms with E-state index in [2.05, 4.69) is 10.5 Å². The Kier molecular flexibility index (Phi) is 8.48. The Bertz CT molecular complexity index is 1550. The second-order valence-electron chi connectivity index (χ2n) is 8.77. The molecule has 0 spiro atoms. The van der Waals surface area contributed by atoms with Crippen molar-refractivity contribution in [1.82, 2.24) is 15.2 Å². The van der Waals surface area contributed by atoms with Gasteiger partial charge in [-0.15, -0.1) is 0 Å². The van der Waals surface area contributed by atoms with Crippen molar-refractivity contribution in [3.8, 4) is 34.2 Å². The van der Waals surface area contributed by atoms with Crippen LogP contribution in [-0.4, -0.2) is 35.6 Å². The van der Waals surface area contributed by atoms with Gasteiger partial charge in [0.15, 0.2) is 6.61 Å². The first-order chi connectivity index (χ1) is 19.7. The summed E-state index contributed by atoms with van der Waals surface area (Å²) in [5, 5.41) is 8.95. The number of nitrogens with one attached hydrogen (secondary N) is 1. The van der Waals surface area contributed by atoms with Crippen LogP contribution in [-0.2, 0) is 11.4 Å². The van der Waals surface area contributed by atoms with Crippen LogP contribution in [0.25, 0.3) is 16.9 Å². The Balaban J connectivity index is 1.28. The number of hydrazone groups is 1. The van der Waals surface area contributed by atoms with Crippen molar-refractivity contribution in [3.05, 3.63) is 127 Å². The fraction of sp³-hybridized carbons (Fsp3) is 0.0938. The van der Waals surface area contributed by atoms with E-state index in [0.29, 0.717) is 23.8 Å². The minimum Gasteiger partial charge on any atom is -0.497 e. The van der Waals surface area contributed by atoms with Gasteiger partial charge in [0, 0.05) is 17.3 Å². The van der Waals surface area contributed by atoms with E-state index in [1.54, 1.807) is 42.3 Å². The van der Waals surface area contributed by atoms with Crippen LogP contribution in [0.2, 0.25) is 0 Å². The van der Waals surface area contributed by atoms with E-state index in [0.717, 1.165) is 28.1 Å². The topological polar surface area (TPSA) is 87.0 Å². The maximum absolute atomic E-state index is 12.3. The van der Waals surface area contributed by atoms with Gasteiger partial charge in [0.1, 0.15) is 29.5 Å². The molecule has 40 heavy (non-hydrogen) atoms. The molecule has 1 aromatic heterocycles. The van der Waals surface area contributed by atoms with E-state index in [4.69, 9.17) is 19.3 Å². The SMILES string of the molecule is COc1ccc(OCC(=O)N/N=C\c2cn(-c3ccccc3)nc2-c2ccc(OCc3ccccc3)cc2)cc1. The van der Waals surface area contributed by atoms with E-state index in [9.17, 15) is 4.79 Å². The number of carbonyl (C=O) groups is 1. The summed E-state index contributed by atoms with van der Waals surface area (Å²) in [5.41, 5.74) is 6.86. The predicted octanol–water partition coefficient (Wildman–Crippen LogP) is 5.66. The zero-order chi connectivity index (χ0) is 27.6. The highest BCUT2D eigenvalue weighted by molar-refractivity contribution is 5.89. The molecule has 0 bridgehead atoms. The average Bonchev–Trinajstić information content (AvgIpc) is 3.44. The summed E-state index contributed by atoms with van der Waals surface area (Å²) >= 11 is 0. The van der Waals surface area contributed by atoms with Gasteiger partial charge in [0.2, 0.25) is 0 Å². The molecule has 0 saturated carbocycles. The zero-order valence-electron chi connectivity index (χ0n) is 21.9. The molecule has 0 atom stereocenters. The lowest BCUT2D eigenvalue weighted by molar-refractivity contribution is -0.123. The quantitative estimate of drug-likeness (QED) is 0.175. The molecule has 8 heteroatoms. The summed E-state index contributed by atoms with van der Waals surface area (Å²) < 4.78 is 18.4. The molecule has 4 aromatic carbocycles. The van der Waals surface area contributed by atoms with E-state index in [-0.39, 0.29) is 12.5 Å². The maximum Gasteiger partial charge on any atom is 0.277 e. The molecule has 8 nitrogen and oxygen atoms in total. The lowest BCUT2D eigenvalue weighted by Gasteiger charge is -2.07. The molecule has 1 heterocycles. The van der Waals surface area contributed by atoms with Crippen molar-refractivity contribution < 1.29 is 19.0 Å². The van der Waals surface area contributed by atoms with Crippen LogP contribution in [0.3, 0.4) is 0 Å². The normalized spacial score (nSPS) is 10.8. The molecule has 0 saturated heterocycles. The lowest BCUT2D eigenvalue weighted by Crippen LogP contribution is -2.24. The van der Waals surface area contributed by atoms with E-state index in [1.807, 2.05) is 91.1 Å². The highest BCUT2D eigenvalue weighted by Gasteiger charge is 2.12. The molecule has 1 N–H and O–H groups in total. The van der Waals surface area contributed by atoms with Gasteiger partial charge < -0.3 is 14.2 Å². The summed E-state index contributed by atoms with van der Waals surface area (Å²) in [5.74, 6) is 1.64. The molecule has 5 aromatic rings. The monoisotopic (exact) mass is 532 g/mol. The van der Waals surface area contributed by atoms with Crippen molar-refractivity contribution in [2.45, 2.75) is 6.61 Å². The van der Waals surface area contributed by atoms with Gasteiger partial charge in [0.25, 0.3) is 5.91 Å². The second kappa shape index (κ2) is 12.9. The van der Waals surface area contributed by atoms with Gasteiger partial charge in [-0.1, -0.05) is 48.5 Å². The molecular formula is C32H28N4O4. The molecule has 0 aliphatic heterocycles. The Morgan fingerprint density at radius 2 is 1.45 bits per heavy atom. The number of para-hydroxylation sites is 1. The highest BCUT2D eigenvalue weighted by Crippen LogP contribution is 2.25. The number of rotatable bonds is 11. The first-order valence-corrected chi connectivity index (χ1v) is 12.7. The van der Waals surface area contributed by atoms with Crippen molar-refractivity contribution in [2.75, 3.05) is 13.7 Å². The summed E-state index contributed by atoms with van der Waals surface area (Å²) in [4.78, 5) is 12.3. The summed E-state index contributed by atoms with van der Waals surface area (Å²) in [6, 6.07) is 34.5. The van der Waals surface area contributed by atoms with E-state index >= 15 is 0 Å². The van der Waals surface area contributed by atoms with Gasteiger partial charge in [-0.3, -0.25) is 4.79 Å². The van der Waals surface area contributed by atoms with Crippen LogP contribution in [0.1, 0.15) is 11.1 Å².